The van der Waals surface area contributed by atoms with E-state index in [-0.39, 0.29) is 61.6 Å². The van der Waals surface area contributed by atoms with E-state index < -0.39 is 136 Å². The van der Waals surface area contributed by atoms with Gasteiger partial charge in [0.05, 0.1) is 51.4 Å². The molecule has 0 aliphatic rings. The van der Waals surface area contributed by atoms with Crippen LogP contribution in [0.5, 0.6) is 11.5 Å². The fraction of sp³-hybridized carbons (Fsp3) is 0.136. The fourth-order valence-corrected chi connectivity index (χ4v) is 8.52. The van der Waals surface area contributed by atoms with Crippen LogP contribution in [-0.2, 0) is 33.4 Å². The van der Waals surface area contributed by atoms with Crippen molar-refractivity contribution in [2.45, 2.75) is 24.5 Å². The Kier molecular flexibility index (Phi) is 31.0. The number of rotatable bonds is 16. The van der Waals surface area contributed by atoms with Crippen LogP contribution in [0, 0.1) is 69.8 Å². The molecule has 34 heteroatoms. The number of carboxylic acids is 2. The van der Waals surface area contributed by atoms with Gasteiger partial charge in [-0.3, -0.25) is 34.1 Å². The summed E-state index contributed by atoms with van der Waals surface area (Å²) in [5, 5.41) is 31.9. The van der Waals surface area contributed by atoms with Gasteiger partial charge in [0.25, 0.3) is 0 Å². The number of nitrogens with zero attached hydrogens (tertiary/aromatic N) is 1. The van der Waals surface area contributed by atoms with Crippen LogP contribution in [0.3, 0.4) is 0 Å². The third-order valence-electron chi connectivity index (χ3n) is 11.9. The molecule has 2 heterocycles. The minimum Gasteiger partial charge on any atom is -0.505 e. The molecule has 0 saturated heterocycles. The minimum atomic E-state index is -1.46. The first kappa shape index (κ1) is 77.7. The number of aldehydes is 1. The lowest BCUT2D eigenvalue weighted by atomic mass is 10.0. The van der Waals surface area contributed by atoms with Crippen LogP contribution >= 0.6 is 28.2 Å². The molecule has 8 aromatic rings. The highest BCUT2D eigenvalue weighted by Crippen LogP contribution is 2.38. The fourth-order valence-electron chi connectivity index (χ4n) is 7.42. The van der Waals surface area contributed by atoms with E-state index in [1.807, 2.05) is 9.39 Å². The van der Waals surface area contributed by atoms with Crippen LogP contribution in [0.4, 0.5) is 52.7 Å². The first-order valence-corrected chi connectivity index (χ1v) is 27.0. The van der Waals surface area contributed by atoms with Gasteiger partial charge in [-0.15, -0.1) is 0 Å². The number of H-pyrrole nitrogens is 1. The van der Waals surface area contributed by atoms with Crippen molar-refractivity contribution in [3.05, 3.63) is 225 Å². The van der Waals surface area contributed by atoms with Gasteiger partial charge in [0, 0.05) is 76.6 Å². The van der Waals surface area contributed by atoms with Crippen molar-refractivity contribution in [2.24, 2.45) is 5.73 Å². The zero-order chi connectivity index (χ0) is 70.1. The van der Waals surface area contributed by atoms with Gasteiger partial charge in [-0.1, -0.05) is 37.0 Å². The van der Waals surface area contributed by atoms with Crippen molar-refractivity contribution < 1.29 is 121 Å². The molecule has 0 fully saturated rings. The SMILES string of the molecule is COC(=O)CC(=O)C(NP)c1ccc(F)cc1F.COC(=O)c1c[nH]c(-c2ccc(F)cc2F)c1OC.COC(=O)c1cn(P)c(-c2ccc(F)cc2F)c1O.NC(C(=O)O)c1ccc(F)cc1F.O=C(O)C(NP)c1ccc(F)cc1F.O=Cc1ccc(F)cc1F. The maximum absolute atomic E-state index is 13.7. The number of methoxy groups -OCH3 is 4. The number of aromatic hydroxyl groups is 1. The first-order chi connectivity index (χ1) is 43.8. The smallest absolute Gasteiger partial charge is 0.343 e. The Morgan fingerprint density at radius 3 is 1.35 bits per heavy atom. The number of ketones is 1. The average molecular weight is 1380 g/mol. The zero-order valence-electron chi connectivity index (χ0n) is 48.2. The average Bonchev–Trinajstić information content (AvgIpc) is 1.70. The quantitative estimate of drug-likeness (QED) is 0.0118. The highest BCUT2D eigenvalue weighted by molar-refractivity contribution is 7.14. The first-order valence-electron chi connectivity index (χ1n) is 25.3. The number of aromatic amines is 1. The van der Waals surface area contributed by atoms with Crippen LogP contribution < -0.4 is 20.6 Å². The Balaban J connectivity index is 0.000000295. The van der Waals surface area contributed by atoms with Gasteiger partial charge >= 0.3 is 29.8 Å². The summed E-state index contributed by atoms with van der Waals surface area (Å²) in [6.45, 7) is 0. The number of hydrogen-bond acceptors (Lipinski definition) is 15. The lowest BCUT2D eigenvalue weighted by molar-refractivity contribution is -0.144. The second-order valence-corrected chi connectivity index (χ2v) is 19.1. The van der Waals surface area contributed by atoms with Crippen molar-refractivity contribution in [1.82, 2.24) is 19.5 Å². The molecule has 8 rings (SSSR count). The van der Waals surface area contributed by atoms with Crippen LogP contribution in [-0.4, -0.2) is 95.0 Å². The molecule has 0 amide bonds. The Labute approximate surface area is 526 Å². The molecule has 0 aliphatic heterocycles. The second kappa shape index (κ2) is 37.1. The highest BCUT2D eigenvalue weighted by Gasteiger charge is 2.27. The molecule has 2 aromatic heterocycles. The van der Waals surface area contributed by atoms with Crippen LogP contribution in [0.15, 0.2) is 122 Å². The van der Waals surface area contributed by atoms with Crippen LogP contribution in [0.2, 0.25) is 0 Å². The molecule has 19 nitrogen and oxygen atoms in total. The third kappa shape index (κ3) is 22.1. The summed E-state index contributed by atoms with van der Waals surface area (Å²) in [7, 11) is 11.1. The molecular formula is C59H52F12N5O14P3. The van der Waals surface area contributed by atoms with Gasteiger partial charge in [-0.05, 0) is 64.0 Å². The van der Waals surface area contributed by atoms with Gasteiger partial charge in [0.2, 0.25) is 0 Å². The molecule has 0 bridgehead atoms. The topological polar surface area (TPSA) is 288 Å². The van der Waals surface area contributed by atoms with Crippen molar-refractivity contribution in [2.75, 3.05) is 28.4 Å². The number of carboxylic acid groups (broad SMARTS) is 2. The minimum absolute atomic E-state index is 0.0240. The van der Waals surface area contributed by atoms with E-state index in [4.69, 9.17) is 20.7 Å². The summed E-state index contributed by atoms with van der Waals surface area (Å²) in [4.78, 5) is 79.3. The van der Waals surface area contributed by atoms with Gasteiger partial charge in [0.1, 0.15) is 99.4 Å². The number of hydrogen-bond donors (Lipinski definition) is 7. The predicted octanol–water partition coefficient (Wildman–Crippen LogP) is 11.1. The molecule has 93 heavy (non-hydrogen) atoms. The molecule has 0 aliphatic carbocycles. The third-order valence-corrected chi connectivity index (χ3v) is 13.0. The summed E-state index contributed by atoms with van der Waals surface area (Å²) in [5.74, 6) is -14.9. The van der Waals surface area contributed by atoms with E-state index in [1.165, 1.54) is 50.2 Å². The molecule has 0 spiro atoms. The Morgan fingerprint density at radius 1 is 0.559 bits per heavy atom. The number of aromatic nitrogens is 2. The molecule has 8 N–H and O–H groups in total. The summed E-state index contributed by atoms with van der Waals surface area (Å²) in [6.07, 6.45) is 2.49. The normalized spacial score (nSPS) is 11.2. The predicted molar refractivity (Wildman–Crippen MR) is 318 cm³/mol. The lowest BCUT2D eigenvalue weighted by Gasteiger charge is -2.15. The van der Waals surface area contributed by atoms with Crippen molar-refractivity contribution in [3.8, 4) is 34.0 Å². The van der Waals surface area contributed by atoms with Gasteiger partial charge in [-0.25, -0.2) is 62.3 Å². The molecule has 496 valence electrons. The number of carbonyl (C=O) groups is 7. The van der Waals surface area contributed by atoms with Gasteiger partial charge in [-0.2, -0.15) is 0 Å². The monoisotopic (exact) mass is 1380 g/mol. The molecular weight excluding hydrogens is 1320 g/mol. The van der Waals surface area contributed by atoms with E-state index in [1.54, 1.807) is 0 Å². The number of ether oxygens (including phenoxy) is 4. The summed E-state index contributed by atoms with van der Waals surface area (Å²) < 4.78 is 175. The Bertz CT molecular complexity index is 3980. The molecule has 6 aromatic carbocycles. The maximum atomic E-state index is 13.7. The van der Waals surface area contributed by atoms with Crippen LogP contribution in [0.1, 0.15) is 72.3 Å². The summed E-state index contributed by atoms with van der Waals surface area (Å²) in [6, 6.07) is 13.4. The zero-order valence-corrected chi connectivity index (χ0v) is 51.7. The molecule has 6 unspecified atom stereocenters. The summed E-state index contributed by atoms with van der Waals surface area (Å²) in [5.41, 5.74) is 5.06. The van der Waals surface area contributed by atoms with Gasteiger partial charge < -0.3 is 49.3 Å². The number of nitrogens with two attached hydrogens (primary N) is 1. The van der Waals surface area contributed by atoms with Crippen molar-refractivity contribution in [3.63, 3.8) is 0 Å². The van der Waals surface area contributed by atoms with Crippen LogP contribution in [0.25, 0.3) is 22.5 Å². The van der Waals surface area contributed by atoms with E-state index in [0.717, 1.165) is 73.8 Å². The number of halogens is 12. The Hall–Kier alpha value is -9.50. The highest BCUT2D eigenvalue weighted by atomic mass is 31.0. The number of carbonyl (C=O) groups excluding carboxylic acids is 5. The maximum Gasteiger partial charge on any atom is 0.343 e. The van der Waals surface area contributed by atoms with E-state index in [0.29, 0.717) is 36.6 Å². The number of Topliss-reactive ketones (excluding diaryl/α,β-unsaturated/α-hetero) is 1. The van der Waals surface area contributed by atoms with Crippen molar-refractivity contribution >= 4 is 70.1 Å². The Morgan fingerprint density at radius 2 is 0.968 bits per heavy atom. The molecule has 0 saturated carbocycles. The van der Waals surface area contributed by atoms with E-state index >= 15 is 0 Å². The largest absolute Gasteiger partial charge is 0.505 e. The number of nitrogens with one attached hydrogen (secondary N) is 3. The summed E-state index contributed by atoms with van der Waals surface area (Å²) >= 11 is 0. The van der Waals surface area contributed by atoms with Gasteiger partial charge in [0.15, 0.2) is 23.6 Å². The molecule has 0 radical (unpaired) electrons. The molecule has 6 atom stereocenters. The van der Waals surface area contributed by atoms with Crippen molar-refractivity contribution in [1.29, 1.82) is 0 Å². The second-order valence-electron chi connectivity index (χ2n) is 17.8. The van der Waals surface area contributed by atoms with E-state index in [2.05, 4.69) is 48.2 Å². The number of aliphatic carboxylic acids is 2. The number of esters is 3. The standard InChI is InChI=1S/C13H11F2NO3.C12H10F2NO3P.C11H12F2NO3P.C8H8F2NO2P.C8H7F2NO2.C7H4F2O/c1-18-12-9(13(17)19-2)6-16-11(12)8-4-3-7(14)5-10(8)15;1-18-12(17)8-5-15(19)10(11(8)16)7-3-2-6(13)4-9(7)14;1-17-10(16)5-9(15)11(14-18)7-3-2-6(12)4-8(7)13;9-4-1-2-5(6(10)3-4)7(11-14)8(12)13;9-4-1-2-5(6(10)3-4)7(11)8(12)13;8-6-2-1-5(4-10)7(9)3-6/h3-6,16H,1-2H3;2-5,16H,19H2,1H3;2-4,11,14H,5,18H2,1H3;1-3,7,11H,14H2,(H,12,13);1-3,7H,11H2,(H,12,13);1-4H. The van der Waals surface area contributed by atoms with E-state index in [9.17, 15) is 91.4 Å². The number of benzene rings is 6. The lowest BCUT2D eigenvalue weighted by Crippen LogP contribution is -2.25.